The van der Waals surface area contributed by atoms with Gasteiger partial charge in [0, 0.05) is 52.5 Å². The van der Waals surface area contributed by atoms with Crippen LogP contribution in [0.3, 0.4) is 0 Å². The molecule has 0 aromatic heterocycles. The molecular formula is C19H25N3O5. The third-order valence-electron chi connectivity index (χ3n) is 4.82. The summed E-state index contributed by atoms with van der Waals surface area (Å²) in [6.07, 6.45) is 1.23. The van der Waals surface area contributed by atoms with Crippen molar-refractivity contribution in [2.75, 3.05) is 39.5 Å². The van der Waals surface area contributed by atoms with Gasteiger partial charge in [0.25, 0.3) is 0 Å². The van der Waals surface area contributed by atoms with Crippen LogP contribution in [0.1, 0.15) is 25.3 Å². The molecule has 146 valence electrons. The van der Waals surface area contributed by atoms with E-state index in [0.29, 0.717) is 51.3 Å². The van der Waals surface area contributed by atoms with Crippen molar-refractivity contribution in [1.82, 2.24) is 15.1 Å². The van der Waals surface area contributed by atoms with Crippen LogP contribution in [-0.2, 0) is 20.8 Å². The zero-order valence-corrected chi connectivity index (χ0v) is 15.5. The first-order chi connectivity index (χ1) is 13.0. The van der Waals surface area contributed by atoms with Crippen LogP contribution in [-0.4, -0.2) is 67.0 Å². The Balaban J connectivity index is 1.32. The number of benzene rings is 1. The fourth-order valence-electron chi connectivity index (χ4n) is 3.18. The van der Waals surface area contributed by atoms with E-state index in [2.05, 4.69) is 5.32 Å². The van der Waals surface area contributed by atoms with Gasteiger partial charge in [-0.3, -0.25) is 14.4 Å². The smallest absolute Gasteiger partial charge is 0.231 e. The minimum atomic E-state index is -0.0816. The maximum atomic E-state index is 12.2. The van der Waals surface area contributed by atoms with Crippen LogP contribution in [0.25, 0.3) is 0 Å². The lowest BCUT2D eigenvalue weighted by atomic mass is 10.1. The van der Waals surface area contributed by atoms with Crippen LogP contribution in [0, 0.1) is 0 Å². The van der Waals surface area contributed by atoms with E-state index >= 15 is 0 Å². The zero-order chi connectivity index (χ0) is 19.2. The Morgan fingerprint density at radius 1 is 1.00 bits per heavy atom. The number of carbonyl (C=O) groups excluding carboxylic acids is 3. The molecule has 27 heavy (non-hydrogen) atoms. The third kappa shape index (κ3) is 5.12. The van der Waals surface area contributed by atoms with Gasteiger partial charge in [0.15, 0.2) is 11.5 Å². The minimum Gasteiger partial charge on any atom is -0.454 e. The SMILES string of the molecule is CC(=O)N1CCN(C(=O)CCNC(=O)CCc2ccc3c(c2)OCO3)CC1. The minimum absolute atomic E-state index is 0.00859. The van der Waals surface area contributed by atoms with Gasteiger partial charge in [-0.15, -0.1) is 0 Å². The molecule has 2 heterocycles. The van der Waals surface area contributed by atoms with Gasteiger partial charge in [0.1, 0.15) is 0 Å². The number of ether oxygens (including phenoxy) is 2. The maximum absolute atomic E-state index is 12.2. The highest BCUT2D eigenvalue weighted by Gasteiger charge is 2.22. The Hall–Kier alpha value is -2.77. The summed E-state index contributed by atoms with van der Waals surface area (Å²) in [4.78, 5) is 39.0. The summed E-state index contributed by atoms with van der Waals surface area (Å²) in [5.41, 5.74) is 1.01. The Kier molecular flexibility index (Phi) is 6.16. The van der Waals surface area contributed by atoms with Crippen molar-refractivity contribution in [3.8, 4) is 11.5 Å². The predicted molar refractivity (Wildman–Crippen MR) is 97.3 cm³/mol. The highest BCUT2D eigenvalue weighted by molar-refractivity contribution is 5.79. The van der Waals surface area contributed by atoms with E-state index in [-0.39, 0.29) is 30.9 Å². The average Bonchev–Trinajstić information content (AvgIpc) is 3.14. The monoisotopic (exact) mass is 375 g/mol. The first-order valence-electron chi connectivity index (χ1n) is 9.21. The largest absolute Gasteiger partial charge is 0.454 e. The first kappa shape index (κ1) is 19.0. The molecule has 1 saturated heterocycles. The lowest BCUT2D eigenvalue weighted by Crippen LogP contribution is -2.50. The van der Waals surface area contributed by atoms with E-state index in [9.17, 15) is 14.4 Å². The lowest BCUT2D eigenvalue weighted by molar-refractivity contribution is -0.138. The van der Waals surface area contributed by atoms with Crippen LogP contribution in [0.2, 0.25) is 0 Å². The van der Waals surface area contributed by atoms with Crippen LogP contribution in [0.5, 0.6) is 11.5 Å². The van der Waals surface area contributed by atoms with E-state index in [1.807, 2.05) is 18.2 Å². The standard InChI is InChI=1S/C19H25N3O5/c1-14(23)21-8-10-22(11-9-21)19(25)6-7-20-18(24)5-3-15-2-4-16-17(12-15)27-13-26-16/h2,4,12H,3,5-11,13H2,1H3,(H,20,24). The molecule has 1 N–H and O–H groups in total. The van der Waals surface area contributed by atoms with Crippen molar-refractivity contribution in [3.05, 3.63) is 23.8 Å². The molecule has 8 nitrogen and oxygen atoms in total. The van der Waals surface area contributed by atoms with Crippen LogP contribution >= 0.6 is 0 Å². The van der Waals surface area contributed by atoms with Gasteiger partial charge in [-0.05, 0) is 24.1 Å². The molecule has 0 unspecified atom stereocenters. The van der Waals surface area contributed by atoms with Crippen LogP contribution < -0.4 is 14.8 Å². The molecule has 0 aliphatic carbocycles. The van der Waals surface area contributed by atoms with E-state index in [1.165, 1.54) is 6.92 Å². The van der Waals surface area contributed by atoms with E-state index in [4.69, 9.17) is 9.47 Å². The first-order valence-corrected chi connectivity index (χ1v) is 9.21. The molecule has 1 aromatic carbocycles. The van der Waals surface area contributed by atoms with E-state index in [0.717, 1.165) is 11.3 Å². The average molecular weight is 375 g/mol. The van der Waals surface area contributed by atoms with Gasteiger partial charge in [0.05, 0.1) is 0 Å². The van der Waals surface area contributed by atoms with Gasteiger partial charge in [-0.1, -0.05) is 6.07 Å². The number of hydrogen-bond acceptors (Lipinski definition) is 5. The molecule has 0 bridgehead atoms. The fourth-order valence-corrected chi connectivity index (χ4v) is 3.18. The van der Waals surface area contributed by atoms with Gasteiger partial charge < -0.3 is 24.6 Å². The van der Waals surface area contributed by atoms with Crippen molar-refractivity contribution in [1.29, 1.82) is 0 Å². The Labute approximate surface area is 158 Å². The normalized spacial score (nSPS) is 15.6. The van der Waals surface area contributed by atoms with Crippen LogP contribution in [0.15, 0.2) is 18.2 Å². The summed E-state index contributed by atoms with van der Waals surface area (Å²) in [5, 5.41) is 2.80. The van der Waals surface area contributed by atoms with Crippen molar-refractivity contribution >= 4 is 17.7 Å². The number of nitrogens with one attached hydrogen (secondary N) is 1. The molecule has 1 fully saturated rings. The topological polar surface area (TPSA) is 88.2 Å². The molecule has 3 rings (SSSR count). The Bertz CT molecular complexity index is 713. The van der Waals surface area contributed by atoms with Gasteiger partial charge in [0.2, 0.25) is 24.5 Å². The fraction of sp³-hybridized carbons (Fsp3) is 0.526. The summed E-state index contributed by atoms with van der Waals surface area (Å²) < 4.78 is 10.6. The Morgan fingerprint density at radius 3 is 2.44 bits per heavy atom. The highest BCUT2D eigenvalue weighted by Crippen LogP contribution is 2.32. The second-order valence-electron chi connectivity index (χ2n) is 6.67. The van der Waals surface area contributed by atoms with E-state index in [1.54, 1.807) is 9.80 Å². The summed E-state index contributed by atoms with van der Waals surface area (Å²) in [6, 6.07) is 5.66. The second kappa shape index (κ2) is 8.75. The predicted octanol–water partition coefficient (Wildman–Crippen LogP) is 0.545. The number of aryl methyl sites for hydroxylation is 1. The zero-order valence-electron chi connectivity index (χ0n) is 15.5. The van der Waals surface area contributed by atoms with Crippen molar-refractivity contribution in [2.24, 2.45) is 0 Å². The van der Waals surface area contributed by atoms with E-state index < -0.39 is 0 Å². The van der Waals surface area contributed by atoms with Crippen molar-refractivity contribution in [2.45, 2.75) is 26.2 Å². The van der Waals surface area contributed by atoms with Crippen LogP contribution in [0.4, 0.5) is 0 Å². The number of rotatable bonds is 6. The summed E-state index contributed by atoms with van der Waals surface area (Å²) in [5.74, 6) is 1.40. The summed E-state index contributed by atoms with van der Waals surface area (Å²) >= 11 is 0. The van der Waals surface area contributed by atoms with Crippen molar-refractivity contribution < 1.29 is 23.9 Å². The number of nitrogens with zero attached hydrogens (tertiary/aromatic N) is 2. The lowest BCUT2D eigenvalue weighted by Gasteiger charge is -2.34. The quantitative estimate of drug-likeness (QED) is 0.784. The molecule has 0 saturated carbocycles. The molecule has 8 heteroatoms. The molecule has 0 atom stereocenters. The molecule has 2 aliphatic rings. The molecular weight excluding hydrogens is 350 g/mol. The summed E-state index contributed by atoms with van der Waals surface area (Å²) in [6.45, 7) is 4.35. The van der Waals surface area contributed by atoms with Gasteiger partial charge in [-0.2, -0.15) is 0 Å². The Morgan fingerprint density at radius 2 is 1.70 bits per heavy atom. The molecule has 1 aromatic rings. The number of fused-ring (bicyclic) bond motifs is 1. The molecule has 0 spiro atoms. The second-order valence-corrected chi connectivity index (χ2v) is 6.67. The summed E-state index contributed by atoms with van der Waals surface area (Å²) in [7, 11) is 0. The van der Waals surface area contributed by atoms with Gasteiger partial charge >= 0.3 is 0 Å². The van der Waals surface area contributed by atoms with Gasteiger partial charge in [-0.25, -0.2) is 0 Å². The molecule has 3 amide bonds. The number of piperazine rings is 1. The van der Waals surface area contributed by atoms with Crippen molar-refractivity contribution in [3.63, 3.8) is 0 Å². The molecule has 2 aliphatic heterocycles. The molecule has 0 radical (unpaired) electrons. The highest BCUT2D eigenvalue weighted by atomic mass is 16.7. The number of amides is 3. The maximum Gasteiger partial charge on any atom is 0.231 e. The third-order valence-corrected chi connectivity index (χ3v) is 4.82. The number of carbonyl (C=O) groups is 3. The number of hydrogen-bond donors (Lipinski definition) is 1.